The van der Waals surface area contributed by atoms with Gasteiger partial charge in [-0.2, -0.15) is 0 Å². The van der Waals surface area contributed by atoms with Crippen LogP contribution in [0.1, 0.15) is 26.7 Å². The maximum Gasteiger partial charge on any atom is 0.0120 e. The first-order chi connectivity index (χ1) is 3.31. The first-order valence-corrected chi connectivity index (χ1v) is 4.54. The van der Waals surface area contributed by atoms with Gasteiger partial charge in [0.15, 0.2) is 0 Å². The van der Waals surface area contributed by atoms with Crippen LogP contribution < -0.4 is 0 Å². The molecule has 1 atom stereocenters. The first kappa shape index (κ1) is 7.70. The van der Waals surface area contributed by atoms with Gasteiger partial charge in [-0.15, -0.1) is 11.7 Å². The van der Waals surface area contributed by atoms with Gasteiger partial charge >= 0.3 is 0 Å². The zero-order valence-corrected chi connectivity index (χ0v) is 6.56. The molecule has 0 bridgehead atoms. The molecule has 0 unspecified atom stereocenters. The van der Waals surface area contributed by atoms with Gasteiger partial charge in [0.05, 0.1) is 0 Å². The Balaban J connectivity index is 2.83. The van der Waals surface area contributed by atoms with Crippen molar-refractivity contribution in [2.45, 2.75) is 31.9 Å². The molecule has 0 saturated heterocycles. The lowest BCUT2D eigenvalue weighted by Gasteiger charge is -2.01. The molecule has 44 valence electrons. The van der Waals surface area contributed by atoms with E-state index in [1.54, 1.807) is 10.8 Å². The summed E-state index contributed by atoms with van der Waals surface area (Å²) in [6.07, 6.45) is 2.56. The van der Waals surface area contributed by atoms with Crippen molar-refractivity contribution in [3.8, 4) is 0 Å². The summed E-state index contributed by atoms with van der Waals surface area (Å²) < 4.78 is 0. The van der Waals surface area contributed by atoms with Crippen molar-refractivity contribution in [1.82, 2.24) is 0 Å². The number of hydrogen-bond acceptors (Lipinski definition) is 2. The lowest BCUT2D eigenvalue weighted by molar-refractivity contribution is 0.790. The van der Waals surface area contributed by atoms with E-state index in [0.29, 0.717) is 0 Å². The van der Waals surface area contributed by atoms with Crippen LogP contribution in [0.25, 0.3) is 0 Å². The van der Waals surface area contributed by atoms with E-state index in [-0.39, 0.29) is 0 Å². The normalized spacial score (nSPS) is 14.1. The molecule has 0 fully saturated rings. The van der Waals surface area contributed by atoms with Gasteiger partial charge in [-0.25, -0.2) is 0 Å². The van der Waals surface area contributed by atoms with Crippen molar-refractivity contribution in [2.75, 3.05) is 0 Å². The highest BCUT2D eigenvalue weighted by Gasteiger charge is 1.94. The molecule has 0 N–H and O–H groups in total. The molecule has 0 spiro atoms. The molecule has 0 aromatic carbocycles. The highest BCUT2D eigenvalue weighted by Crippen LogP contribution is 2.17. The highest BCUT2D eigenvalue weighted by atomic mass is 33.1. The Morgan fingerprint density at radius 1 is 1.71 bits per heavy atom. The molecule has 0 aliphatic carbocycles. The zero-order valence-electron chi connectivity index (χ0n) is 4.85. The minimum absolute atomic E-state index is 0.730. The molecule has 0 rings (SSSR count). The summed E-state index contributed by atoms with van der Waals surface area (Å²) in [6, 6.07) is 0. The summed E-state index contributed by atoms with van der Waals surface area (Å²) >= 11 is 4.07. The third kappa shape index (κ3) is 4.56. The Hall–Kier alpha value is 0.700. The molecule has 7 heavy (non-hydrogen) atoms. The summed E-state index contributed by atoms with van der Waals surface area (Å²) in [7, 11) is 1.64. The summed E-state index contributed by atoms with van der Waals surface area (Å²) in [5.41, 5.74) is 0. The molecule has 0 nitrogen and oxygen atoms in total. The predicted octanol–water partition coefficient (Wildman–Crippen LogP) is 2.75. The lowest BCUT2D eigenvalue weighted by Crippen LogP contribution is -1.89. The van der Waals surface area contributed by atoms with Crippen molar-refractivity contribution in [2.24, 2.45) is 0 Å². The topological polar surface area (TPSA) is 0 Å². The van der Waals surface area contributed by atoms with Crippen LogP contribution in [0.4, 0.5) is 0 Å². The second kappa shape index (κ2) is 4.85. The molecule has 0 aromatic heterocycles. The average molecular weight is 136 g/mol. The van der Waals surface area contributed by atoms with Crippen LogP contribution in [0.15, 0.2) is 0 Å². The quantitative estimate of drug-likeness (QED) is 0.460. The molecule has 0 heterocycles. The maximum atomic E-state index is 4.07. The minimum Gasteiger partial charge on any atom is -0.111 e. The van der Waals surface area contributed by atoms with Crippen LogP contribution in [0.2, 0.25) is 0 Å². The van der Waals surface area contributed by atoms with E-state index in [2.05, 4.69) is 25.5 Å². The fraction of sp³-hybridized carbons (Fsp3) is 1.00. The van der Waals surface area contributed by atoms with Crippen LogP contribution in [-0.4, -0.2) is 5.25 Å². The van der Waals surface area contributed by atoms with Crippen LogP contribution >= 0.6 is 22.5 Å². The second-order valence-electron chi connectivity index (χ2n) is 1.70. The molecule has 0 aliphatic heterocycles. The highest BCUT2D eigenvalue weighted by molar-refractivity contribution is 8.68. The molecule has 0 saturated carbocycles. The van der Waals surface area contributed by atoms with Gasteiger partial charge < -0.3 is 0 Å². The van der Waals surface area contributed by atoms with Crippen molar-refractivity contribution in [3.05, 3.63) is 0 Å². The van der Waals surface area contributed by atoms with Gasteiger partial charge in [-0.05, 0) is 6.42 Å². The summed E-state index contributed by atoms with van der Waals surface area (Å²) in [5, 5.41) is 0.730. The smallest absolute Gasteiger partial charge is 0.0120 e. The Labute approximate surface area is 54.9 Å². The third-order valence-electron chi connectivity index (χ3n) is 0.875. The number of hydrogen-bond donors (Lipinski definition) is 1. The predicted molar refractivity (Wildman–Crippen MR) is 40.9 cm³/mol. The van der Waals surface area contributed by atoms with Gasteiger partial charge in [0.2, 0.25) is 0 Å². The van der Waals surface area contributed by atoms with Crippen LogP contribution in [-0.2, 0) is 0 Å². The standard InChI is InChI=1S/C5H12S2/c1-3-4-5(2)7-6/h5-6H,3-4H2,1-2H3/t5-/m0/s1. The number of thiol groups is 1. The van der Waals surface area contributed by atoms with Gasteiger partial charge in [0.1, 0.15) is 0 Å². The van der Waals surface area contributed by atoms with Crippen LogP contribution in [0.3, 0.4) is 0 Å². The van der Waals surface area contributed by atoms with E-state index >= 15 is 0 Å². The summed E-state index contributed by atoms with van der Waals surface area (Å²) in [6.45, 7) is 4.39. The van der Waals surface area contributed by atoms with Crippen molar-refractivity contribution < 1.29 is 0 Å². The average Bonchev–Trinajstić information content (AvgIpc) is 1.68. The van der Waals surface area contributed by atoms with E-state index in [4.69, 9.17) is 0 Å². The lowest BCUT2D eigenvalue weighted by atomic mass is 10.3. The molecule has 2 heteroatoms. The number of rotatable bonds is 3. The van der Waals surface area contributed by atoms with Crippen LogP contribution in [0, 0.1) is 0 Å². The summed E-state index contributed by atoms with van der Waals surface area (Å²) in [5.74, 6) is 0. The molecular weight excluding hydrogens is 124 g/mol. The van der Waals surface area contributed by atoms with Gasteiger partial charge in [0, 0.05) is 5.25 Å². The van der Waals surface area contributed by atoms with Crippen LogP contribution in [0.5, 0.6) is 0 Å². The Kier molecular flexibility index (Phi) is 5.33. The molecule has 0 aromatic rings. The SMILES string of the molecule is CCC[C@H](C)SS. The second-order valence-corrected chi connectivity index (χ2v) is 3.35. The molecule has 0 aliphatic rings. The minimum atomic E-state index is 0.730. The third-order valence-corrected chi connectivity index (χ3v) is 2.55. The first-order valence-electron chi connectivity index (χ1n) is 2.61. The summed E-state index contributed by atoms with van der Waals surface area (Å²) in [4.78, 5) is 0. The van der Waals surface area contributed by atoms with Crippen molar-refractivity contribution in [3.63, 3.8) is 0 Å². The Morgan fingerprint density at radius 3 is 2.43 bits per heavy atom. The molecule has 0 amide bonds. The van der Waals surface area contributed by atoms with E-state index in [1.807, 2.05) is 0 Å². The largest absolute Gasteiger partial charge is 0.111 e. The zero-order chi connectivity index (χ0) is 5.70. The van der Waals surface area contributed by atoms with E-state index < -0.39 is 0 Å². The maximum absolute atomic E-state index is 4.07. The van der Waals surface area contributed by atoms with Gasteiger partial charge in [-0.3, -0.25) is 0 Å². The van der Waals surface area contributed by atoms with Gasteiger partial charge in [-0.1, -0.05) is 31.1 Å². The van der Waals surface area contributed by atoms with Crippen molar-refractivity contribution in [1.29, 1.82) is 0 Å². The van der Waals surface area contributed by atoms with Crippen molar-refractivity contribution >= 4 is 22.5 Å². The van der Waals surface area contributed by atoms with E-state index in [0.717, 1.165) is 5.25 Å². The monoisotopic (exact) mass is 136 g/mol. The van der Waals surface area contributed by atoms with E-state index in [9.17, 15) is 0 Å². The van der Waals surface area contributed by atoms with E-state index in [1.165, 1.54) is 12.8 Å². The fourth-order valence-electron chi connectivity index (χ4n) is 0.459. The Bertz CT molecular complexity index is 37.1. The molecule has 0 radical (unpaired) electrons. The van der Waals surface area contributed by atoms with Gasteiger partial charge in [0.25, 0.3) is 0 Å². The Morgan fingerprint density at radius 2 is 2.29 bits per heavy atom. The molecular formula is C5H12S2. The fourth-order valence-corrected chi connectivity index (χ4v) is 1.12.